The van der Waals surface area contributed by atoms with Gasteiger partial charge in [0.1, 0.15) is 11.5 Å². The van der Waals surface area contributed by atoms with E-state index in [4.69, 9.17) is 16.3 Å². The summed E-state index contributed by atoms with van der Waals surface area (Å²) in [5.41, 5.74) is 2.42. The zero-order chi connectivity index (χ0) is 21.2. The zero-order valence-electron chi connectivity index (χ0n) is 17.9. The number of para-hydroxylation sites is 1. The van der Waals surface area contributed by atoms with Gasteiger partial charge in [0, 0.05) is 68.9 Å². The minimum atomic E-state index is 0.279. The minimum absolute atomic E-state index is 0.279. The van der Waals surface area contributed by atoms with E-state index in [0.717, 1.165) is 88.0 Å². The number of carbonyl (C=O) groups is 1. The number of halogens is 1. The van der Waals surface area contributed by atoms with Gasteiger partial charge in [0.15, 0.2) is 0 Å². The molecule has 0 saturated carbocycles. The third-order valence-electron chi connectivity index (χ3n) is 6.89. The Bertz CT molecular complexity index is 942. The van der Waals surface area contributed by atoms with E-state index in [0.29, 0.717) is 5.91 Å². The Morgan fingerprint density at radius 3 is 2.61 bits per heavy atom. The Morgan fingerprint density at radius 1 is 0.935 bits per heavy atom. The average molecular weight is 440 g/mol. The number of hydrogen-bond donors (Lipinski definition) is 0. The van der Waals surface area contributed by atoms with Gasteiger partial charge in [-0.05, 0) is 49.1 Å². The molecule has 0 bridgehead atoms. The van der Waals surface area contributed by atoms with Gasteiger partial charge in [0.05, 0.1) is 0 Å². The quantitative estimate of drug-likeness (QED) is 0.709. The predicted molar refractivity (Wildman–Crippen MR) is 123 cm³/mol. The van der Waals surface area contributed by atoms with E-state index in [2.05, 4.69) is 32.9 Å². The van der Waals surface area contributed by atoms with E-state index in [1.54, 1.807) is 0 Å². The van der Waals surface area contributed by atoms with Crippen LogP contribution in [0, 0.1) is 0 Å². The van der Waals surface area contributed by atoms with E-state index in [-0.39, 0.29) is 6.04 Å². The van der Waals surface area contributed by atoms with Crippen LogP contribution in [0.3, 0.4) is 0 Å². The van der Waals surface area contributed by atoms with Gasteiger partial charge in [-0.3, -0.25) is 14.6 Å². The molecular formula is C25H30ClN3O2. The molecule has 3 heterocycles. The molecule has 6 heteroatoms. The summed E-state index contributed by atoms with van der Waals surface area (Å²) in [6.07, 6.45) is 3.82. The summed E-state index contributed by atoms with van der Waals surface area (Å²) in [6, 6.07) is 14.6. The van der Waals surface area contributed by atoms with Crippen molar-refractivity contribution in [2.75, 3.05) is 45.8 Å². The van der Waals surface area contributed by atoms with Crippen molar-refractivity contribution < 1.29 is 9.53 Å². The molecule has 164 valence electrons. The minimum Gasteiger partial charge on any atom is -0.457 e. The Kier molecular flexibility index (Phi) is 6.17. The first kappa shape index (κ1) is 20.8. The fourth-order valence-corrected chi connectivity index (χ4v) is 5.27. The van der Waals surface area contributed by atoms with Gasteiger partial charge < -0.3 is 9.64 Å². The Morgan fingerprint density at radius 2 is 1.77 bits per heavy atom. The Balaban J connectivity index is 1.26. The molecule has 0 radical (unpaired) electrons. The monoisotopic (exact) mass is 439 g/mol. The molecule has 5 rings (SSSR count). The van der Waals surface area contributed by atoms with Crippen LogP contribution < -0.4 is 4.74 Å². The fourth-order valence-electron chi connectivity index (χ4n) is 5.08. The summed E-state index contributed by atoms with van der Waals surface area (Å²) in [7, 11) is 0. The summed E-state index contributed by atoms with van der Waals surface area (Å²) in [4.78, 5) is 19.2. The molecule has 3 aliphatic heterocycles. The molecular weight excluding hydrogens is 410 g/mol. The van der Waals surface area contributed by atoms with Crippen molar-refractivity contribution in [1.82, 2.24) is 14.7 Å². The topological polar surface area (TPSA) is 36.0 Å². The van der Waals surface area contributed by atoms with Crippen LogP contribution in [0.15, 0.2) is 42.5 Å². The lowest BCUT2D eigenvalue weighted by Gasteiger charge is -2.40. The summed E-state index contributed by atoms with van der Waals surface area (Å²) >= 11 is 6.30. The van der Waals surface area contributed by atoms with E-state index >= 15 is 0 Å². The summed E-state index contributed by atoms with van der Waals surface area (Å²) in [5.74, 6) is 2.18. The first-order valence-electron chi connectivity index (χ1n) is 11.5. The van der Waals surface area contributed by atoms with E-state index in [1.807, 2.05) is 24.3 Å². The van der Waals surface area contributed by atoms with Crippen molar-refractivity contribution in [2.24, 2.45) is 0 Å². The first-order valence-corrected chi connectivity index (χ1v) is 11.8. The van der Waals surface area contributed by atoms with Crippen LogP contribution in [0.4, 0.5) is 0 Å². The largest absolute Gasteiger partial charge is 0.457 e. The number of likely N-dealkylation sites (tertiary alicyclic amines) is 1. The summed E-state index contributed by atoms with van der Waals surface area (Å²) in [5, 5.41) is 0.754. The predicted octanol–water partition coefficient (Wildman–Crippen LogP) is 4.36. The highest BCUT2D eigenvalue weighted by Crippen LogP contribution is 2.41. The molecule has 0 aromatic heterocycles. The fraction of sp³-hybridized carbons (Fsp3) is 0.480. The smallest absolute Gasteiger partial charge is 0.222 e. The van der Waals surface area contributed by atoms with Gasteiger partial charge in [-0.15, -0.1) is 0 Å². The van der Waals surface area contributed by atoms with Gasteiger partial charge in [-0.1, -0.05) is 29.8 Å². The summed E-state index contributed by atoms with van der Waals surface area (Å²) < 4.78 is 6.28. The number of amides is 1. The second-order valence-corrected chi connectivity index (χ2v) is 9.26. The number of benzene rings is 2. The number of piperidine rings is 1. The van der Waals surface area contributed by atoms with Crippen LogP contribution in [0.5, 0.6) is 11.5 Å². The second-order valence-electron chi connectivity index (χ2n) is 8.83. The van der Waals surface area contributed by atoms with Crippen molar-refractivity contribution in [2.45, 2.75) is 31.7 Å². The van der Waals surface area contributed by atoms with Crippen molar-refractivity contribution in [3.05, 3.63) is 58.6 Å². The average Bonchev–Trinajstić information content (AvgIpc) is 2.95. The lowest BCUT2D eigenvalue weighted by atomic mass is 9.96. The van der Waals surface area contributed by atoms with Crippen LogP contribution >= 0.6 is 11.6 Å². The lowest BCUT2D eigenvalue weighted by Crippen LogP contribution is -2.50. The van der Waals surface area contributed by atoms with Gasteiger partial charge in [-0.2, -0.15) is 0 Å². The first-order chi connectivity index (χ1) is 15.2. The lowest BCUT2D eigenvalue weighted by molar-refractivity contribution is -0.133. The standard InChI is InChI=1S/C25H30ClN3O2/c26-20-8-9-23-19(17-20)18-22(21-5-1-2-6-24(21)31-23)28-14-11-27(12-15-28)13-16-29-10-4-3-7-25(29)30/h1-2,5-6,8-9,17,22H,3-4,7,10-16,18H2. The van der Waals surface area contributed by atoms with Crippen LogP contribution in [-0.2, 0) is 11.2 Å². The molecule has 1 atom stereocenters. The molecule has 1 amide bonds. The number of carbonyl (C=O) groups excluding carboxylic acids is 1. The van der Waals surface area contributed by atoms with Gasteiger partial charge >= 0.3 is 0 Å². The number of nitrogens with zero attached hydrogens (tertiary/aromatic N) is 3. The molecule has 2 saturated heterocycles. The number of fused-ring (bicyclic) bond motifs is 2. The third-order valence-corrected chi connectivity index (χ3v) is 7.12. The van der Waals surface area contributed by atoms with Crippen LogP contribution in [0.2, 0.25) is 5.02 Å². The molecule has 2 fully saturated rings. The number of hydrogen-bond acceptors (Lipinski definition) is 4. The molecule has 0 spiro atoms. The maximum atomic E-state index is 12.1. The van der Waals surface area contributed by atoms with Crippen molar-refractivity contribution in [1.29, 1.82) is 0 Å². The molecule has 0 N–H and O–H groups in total. The van der Waals surface area contributed by atoms with Crippen LogP contribution in [-0.4, -0.2) is 66.4 Å². The number of rotatable bonds is 4. The zero-order valence-corrected chi connectivity index (χ0v) is 18.7. The van der Waals surface area contributed by atoms with Crippen molar-refractivity contribution in [3.63, 3.8) is 0 Å². The molecule has 1 unspecified atom stereocenters. The molecule has 2 aromatic carbocycles. The SMILES string of the molecule is O=C1CCCCN1CCN1CCN(C2Cc3cc(Cl)ccc3Oc3ccccc32)CC1. The Labute approximate surface area is 189 Å². The van der Waals surface area contributed by atoms with Gasteiger partial charge in [-0.25, -0.2) is 0 Å². The van der Waals surface area contributed by atoms with Crippen LogP contribution in [0.25, 0.3) is 0 Å². The molecule has 2 aromatic rings. The van der Waals surface area contributed by atoms with Gasteiger partial charge in [0.2, 0.25) is 5.91 Å². The number of ether oxygens (including phenoxy) is 1. The van der Waals surface area contributed by atoms with Gasteiger partial charge in [0.25, 0.3) is 0 Å². The maximum Gasteiger partial charge on any atom is 0.222 e. The highest BCUT2D eigenvalue weighted by atomic mass is 35.5. The van der Waals surface area contributed by atoms with Crippen molar-refractivity contribution in [3.8, 4) is 11.5 Å². The van der Waals surface area contributed by atoms with E-state index in [1.165, 1.54) is 11.1 Å². The third kappa shape index (κ3) is 4.59. The molecule has 5 nitrogen and oxygen atoms in total. The van der Waals surface area contributed by atoms with E-state index in [9.17, 15) is 4.79 Å². The summed E-state index contributed by atoms with van der Waals surface area (Å²) in [6.45, 7) is 6.87. The van der Waals surface area contributed by atoms with Crippen LogP contribution in [0.1, 0.15) is 36.4 Å². The second kappa shape index (κ2) is 9.19. The van der Waals surface area contributed by atoms with Crippen molar-refractivity contribution >= 4 is 17.5 Å². The normalized spacial score (nSPS) is 22.4. The number of piperazine rings is 1. The maximum absolute atomic E-state index is 12.1. The van der Waals surface area contributed by atoms with E-state index < -0.39 is 0 Å². The molecule has 3 aliphatic rings. The highest BCUT2D eigenvalue weighted by Gasteiger charge is 2.30. The molecule has 31 heavy (non-hydrogen) atoms. The highest BCUT2D eigenvalue weighted by molar-refractivity contribution is 6.30. The molecule has 0 aliphatic carbocycles. The Hall–Kier alpha value is -2.08.